The van der Waals surface area contributed by atoms with Gasteiger partial charge in [-0.2, -0.15) is 0 Å². The first-order valence-corrected chi connectivity index (χ1v) is 6.65. The van der Waals surface area contributed by atoms with Crippen LogP contribution in [0, 0.1) is 11.8 Å². The SMILES string of the molecule is O=C(CCC1CCNC1)CC1CCOCC1. The number of carbonyl (C=O) groups excluding carboxylic acids is 1. The second-order valence-corrected chi connectivity index (χ2v) is 5.20. The molecule has 2 fully saturated rings. The summed E-state index contributed by atoms with van der Waals surface area (Å²) >= 11 is 0. The second kappa shape index (κ2) is 6.36. The summed E-state index contributed by atoms with van der Waals surface area (Å²) in [5, 5.41) is 3.35. The zero-order chi connectivity index (χ0) is 11.2. The van der Waals surface area contributed by atoms with Crippen LogP contribution in [0.25, 0.3) is 0 Å². The van der Waals surface area contributed by atoms with Crippen molar-refractivity contribution in [3.8, 4) is 0 Å². The van der Waals surface area contributed by atoms with E-state index in [2.05, 4.69) is 5.32 Å². The van der Waals surface area contributed by atoms with Crippen molar-refractivity contribution in [2.24, 2.45) is 11.8 Å². The highest BCUT2D eigenvalue weighted by Crippen LogP contribution is 2.21. The van der Waals surface area contributed by atoms with E-state index in [1.54, 1.807) is 0 Å². The van der Waals surface area contributed by atoms with Gasteiger partial charge in [0.2, 0.25) is 0 Å². The van der Waals surface area contributed by atoms with Gasteiger partial charge in [0.25, 0.3) is 0 Å². The zero-order valence-corrected chi connectivity index (χ0v) is 10.0. The Morgan fingerprint density at radius 1 is 1.19 bits per heavy atom. The Hall–Kier alpha value is -0.410. The zero-order valence-electron chi connectivity index (χ0n) is 10.0. The molecular formula is C13H23NO2. The Balaban J connectivity index is 1.59. The molecule has 1 atom stereocenters. The summed E-state index contributed by atoms with van der Waals surface area (Å²) in [4.78, 5) is 11.8. The molecule has 0 aliphatic carbocycles. The highest BCUT2D eigenvalue weighted by molar-refractivity contribution is 5.78. The van der Waals surface area contributed by atoms with Crippen LogP contribution < -0.4 is 5.32 Å². The lowest BCUT2D eigenvalue weighted by molar-refractivity contribution is -0.120. The van der Waals surface area contributed by atoms with E-state index < -0.39 is 0 Å². The normalized spacial score (nSPS) is 27.1. The van der Waals surface area contributed by atoms with Crippen molar-refractivity contribution >= 4 is 5.78 Å². The molecule has 2 heterocycles. The van der Waals surface area contributed by atoms with Gasteiger partial charge in [0.05, 0.1) is 0 Å². The summed E-state index contributed by atoms with van der Waals surface area (Å²) in [5.41, 5.74) is 0. The van der Waals surface area contributed by atoms with Crippen molar-refractivity contribution in [2.75, 3.05) is 26.3 Å². The molecule has 1 N–H and O–H groups in total. The lowest BCUT2D eigenvalue weighted by Crippen LogP contribution is -2.19. The molecule has 2 aliphatic heterocycles. The lowest BCUT2D eigenvalue weighted by Gasteiger charge is -2.21. The van der Waals surface area contributed by atoms with Crippen molar-refractivity contribution in [1.82, 2.24) is 5.32 Å². The Morgan fingerprint density at radius 2 is 2.00 bits per heavy atom. The van der Waals surface area contributed by atoms with Crippen LogP contribution in [0.3, 0.4) is 0 Å². The maximum Gasteiger partial charge on any atom is 0.133 e. The van der Waals surface area contributed by atoms with E-state index in [0.717, 1.165) is 64.3 Å². The molecule has 0 aromatic carbocycles. The molecule has 1 unspecified atom stereocenters. The fraction of sp³-hybridized carbons (Fsp3) is 0.923. The van der Waals surface area contributed by atoms with Crippen LogP contribution in [-0.2, 0) is 9.53 Å². The van der Waals surface area contributed by atoms with Crippen molar-refractivity contribution < 1.29 is 9.53 Å². The topological polar surface area (TPSA) is 38.3 Å². The van der Waals surface area contributed by atoms with Crippen LogP contribution in [0.1, 0.15) is 38.5 Å². The van der Waals surface area contributed by atoms with E-state index in [0.29, 0.717) is 11.7 Å². The Kier molecular flexibility index (Phi) is 4.79. The van der Waals surface area contributed by atoms with Crippen molar-refractivity contribution in [2.45, 2.75) is 38.5 Å². The van der Waals surface area contributed by atoms with Crippen molar-refractivity contribution in [3.63, 3.8) is 0 Å². The number of ketones is 1. The number of nitrogens with one attached hydrogen (secondary N) is 1. The predicted octanol–water partition coefficient (Wildman–Crippen LogP) is 1.76. The van der Waals surface area contributed by atoms with Gasteiger partial charge in [0, 0.05) is 26.1 Å². The van der Waals surface area contributed by atoms with E-state index in [1.807, 2.05) is 0 Å². The minimum absolute atomic E-state index is 0.471. The van der Waals surface area contributed by atoms with Crippen LogP contribution in [0.2, 0.25) is 0 Å². The number of ether oxygens (including phenoxy) is 1. The minimum Gasteiger partial charge on any atom is -0.381 e. The lowest BCUT2D eigenvalue weighted by atomic mass is 9.91. The van der Waals surface area contributed by atoms with Gasteiger partial charge in [-0.05, 0) is 50.6 Å². The average Bonchev–Trinajstić information content (AvgIpc) is 2.81. The van der Waals surface area contributed by atoms with Gasteiger partial charge in [0.15, 0.2) is 0 Å². The number of Topliss-reactive ketones (excluding diaryl/α,β-unsaturated/α-hetero) is 1. The second-order valence-electron chi connectivity index (χ2n) is 5.20. The van der Waals surface area contributed by atoms with Crippen LogP contribution in [0.4, 0.5) is 0 Å². The maximum absolute atomic E-state index is 11.8. The minimum atomic E-state index is 0.471. The number of carbonyl (C=O) groups is 1. The summed E-state index contributed by atoms with van der Waals surface area (Å²) in [6.07, 6.45) is 6.10. The molecule has 0 aromatic heterocycles. The van der Waals surface area contributed by atoms with Gasteiger partial charge >= 0.3 is 0 Å². The first kappa shape index (κ1) is 12.1. The molecule has 0 spiro atoms. The molecular weight excluding hydrogens is 202 g/mol. The third kappa shape index (κ3) is 3.87. The van der Waals surface area contributed by atoms with Crippen LogP contribution in [-0.4, -0.2) is 32.1 Å². The third-order valence-electron chi connectivity index (χ3n) is 3.85. The predicted molar refractivity (Wildman–Crippen MR) is 63.4 cm³/mol. The molecule has 0 amide bonds. The van der Waals surface area contributed by atoms with Gasteiger partial charge in [-0.15, -0.1) is 0 Å². The Bertz CT molecular complexity index is 218. The molecule has 3 heteroatoms. The molecule has 92 valence electrons. The Labute approximate surface area is 97.9 Å². The fourth-order valence-electron chi connectivity index (χ4n) is 2.70. The van der Waals surface area contributed by atoms with Crippen LogP contribution >= 0.6 is 0 Å². The van der Waals surface area contributed by atoms with E-state index in [9.17, 15) is 4.79 Å². The van der Waals surface area contributed by atoms with E-state index in [4.69, 9.17) is 4.74 Å². The van der Waals surface area contributed by atoms with Gasteiger partial charge in [0.1, 0.15) is 5.78 Å². The summed E-state index contributed by atoms with van der Waals surface area (Å²) in [6.45, 7) is 3.96. The molecule has 2 rings (SSSR count). The quantitative estimate of drug-likeness (QED) is 0.775. The van der Waals surface area contributed by atoms with E-state index >= 15 is 0 Å². The smallest absolute Gasteiger partial charge is 0.133 e. The van der Waals surface area contributed by atoms with Gasteiger partial charge in [-0.25, -0.2) is 0 Å². The average molecular weight is 225 g/mol. The van der Waals surface area contributed by atoms with Gasteiger partial charge in [-0.3, -0.25) is 4.79 Å². The largest absolute Gasteiger partial charge is 0.381 e. The highest BCUT2D eigenvalue weighted by atomic mass is 16.5. The summed E-state index contributed by atoms with van der Waals surface area (Å²) in [5.74, 6) is 1.82. The third-order valence-corrected chi connectivity index (χ3v) is 3.85. The number of rotatable bonds is 5. The number of hydrogen-bond acceptors (Lipinski definition) is 3. The number of hydrogen-bond donors (Lipinski definition) is 1. The Morgan fingerprint density at radius 3 is 2.69 bits per heavy atom. The van der Waals surface area contributed by atoms with Gasteiger partial charge in [-0.1, -0.05) is 0 Å². The van der Waals surface area contributed by atoms with Crippen LogP contribution in [0.5, 0.6) is 0 Å². The van der Waals surface area contributed by atoms with Gasteiger partial charge < -0.3 is 10.1 Å². The summed E-state index contributed by atoms with van der Waals surface area (Å²) in [7, 11) is 0. The first-order valence-electron chi connectivity index (χ1n) is 6.65. The molecule has 0 aromatic rings. The molecule has 16 heavy (non-hydrogen) atoms. The molecule has 0 saturated carbocycles. The molecule has 0 radical (unpaired) electrons. The summed E-state index contributed by atoms with van der Waals surface area (Å²) in [6, 6.07) is 0. The van der Waals surface area contributed by atoms with Crippen molar-refractivity contribution in [3.05, 3.63) is 0 Å². The van der Waals surface area contributed by atoms with Crippen LogP contribution in [0.15, 0.2) is 0 Å². The van der Waals surface area contributed by atoms with E-state index in [-0.39, 0.29) is 0 Å². The highest BCUT2D eigenvalue weighted by Gasteiger charge is 2.19. The maximum atomic E-state index is 11.8. The van der Waals surface area contributed by atoms with Crippen molar-refractivity contribution in [1.29, 1.82) is 0 Å². The first-order chi connectivity index (χ1) is 7.84. The standard InChI is InChI=1S/C13H23NO2/c15-13(2-1-12-3-6-14-10-12)9-11-4-7-16-8-5-11/h11-12,14H,1-10H2. The fourth-order valence-corrected chi connectivity index (χ4v) is 2.70. The molecule has 2 saturated heterocycles. The monoisotopic (exact) mass is 225 g/mol. The molecule has 0 bridgehead atoms. The molecule has 2 aliphatic rings. The summed E-state index contributed by atoms with van der Waals surface area (Å²) < 4.78 is 5.30. The van der Waals surface area contributed by atoms with E-state index in [1.165, 1.54) is 6.42 Å². The molecule has 3 nitrogen and oxygen atoms in total.